The first-order chi connectivity index (χ1) is 8.31. The maximum Gasteiger partial charge on any atom is 0.339 e. The highest BCUT2D eigenvalue weighted by Crippen LogP contribution is 2.27. The van der Waals surface area contributed by atoms with Crippen molar-refractivity contribution in [2.24, 2.45) is 0 Å². The second kappa shape index (κ2) is 5.67. The van der Waals surface area contributed by atoms with Crippen LogP contribution in [-0.4, -0.2) is 5.97 Å². The molecule has 0 amide bonds. The van der Waals surface area contributed by atoms with Crippen LogP contribution in [0.2, 0.25) is 0 Å². The Bertz CT molecular complexity index is 432. The van der Waals surface area contributed by atoms with E-state index in [9.17, 15) is 4.79 Å². The molecule has 1 aliphatic heterocycles. The number of benzene rings is 1. The van der Waals surface area contributed by atoms with E-state index in [1.807, 2.05) is 30.3 Å². The van der Waals surface area contributed by atoms with Gasteiger partial charge in [-0.2, -0.15) is 0 Å². The van der Waals surface area contributed by atoms with Crippen LogP contribution in [0.3, 0.4) is 0 Å². The van der Waals surface area contributed by atoms with E-state index < -0.39 is 0 Å². The summed E-state index contributed by atoms with van der Waals surface area (Å²) in [6, 6.07) is 7.73. The van der Waals surface area contributed by atoms with E-state index in [2.05, 4.69) is 6.92 Å². The Morgan fingerprint density at radius 2 is 2.12 bits per heavy atom. The van der Waals surface area contributed by atoms with Gasteiger partial charge >= 0.3 is 5.97 Å². The Morgan fingerprint density at radius 3 is 2.94 bits per heavy atom. The quantitative estimate of drug-likeness (QED) is 0.341. The van der Waals surface area contributed by atoms with Crippen molar-refractivity contribution < 1.29 is 9.53 Å². The minimum Gasteiger partial charge on any atom is -0.423 e. The second-order valence-corrected chi connectivity index (χ2v) is 4.40. The Morgan fingerprint density at radius 1 is 1.29 bits per heavy atom. The summed E-state index contributed by atoms with van der Waals surface area (Å²) in [6.45, 7) is 2.18. The Kier molecular flexibility index (Phi) is 3.97. The number of hydrogen-bond donors (Lipinski definition) is 0. The van der Waals surface area contributed by atoms with Crippen molar-refractivity contribution in [2.45, 2.75) is 39.0 Å². The number of allylic oxidation sites excluding steroid dienone is 1. The first-order valence-electron chi connectivity index (χ1n) is 6.30. The van der Waals surface area contributed by atoms with Gasteiger partial charge in [-0.25, -0.2) is 4.79 Å². The molecule has 0 unspecified atom stereocenters. The normalized spacial score (nSPS) is 16.8. The number of fused-ring (bicyclic) bond motifs is 1. The van der Waals surface area contributed by atoms with Gasteiger partial charge in [0, 0.05) is 12.0 Å². The van der Waals surface area contributed by atoms with Gasteiger partial charge in [0.15, 0.2) is 0 Å². The fourth-order valence-electron chi connectivity index (χ4n) is 2.02. The standard InChI is InChI=1S/C15H18O2/c1-2-3-4-5-9-13-11-12-8-6-7-10-14(12)17-15(13)16/h6-10H,2-5,11H2,1H3/b13-9+. The third-order valence-corrected chi connectivity index (χ3v) is 3.02. The molecule has 2 nitrogen and oxygen atoms in total. The number of esters is 1. The molecule has 0 N–H and O–H groups in total. The van der Waals surface area contributed by atoms with Gasteiger partial charge in [-0.15, -0.1) is 0 Å². The molecule has 90 valence electrons. The number of para-hydroxylation sites is 1. The fourth-order valence-corrected chi connectivity index (χ4v) is 2.02. The number of unbranched alkanes of at least 4 members (excludes halogenated alkanes) is 3. The van der Waals surface area contributed by atoms with Gasteiger partial charge in [0.25, 0.3) is 0 Å². The van der Waals surface area contributed by atoms with Crippen LogP contribution in [0.1, 0.15) is 38.2 Å². The monoisotopic (exact) mass is 230 g/mol. The summed E-state index contributed by atoms with van der Waals surface area (Å²) in [4.78, 5) is 11.7. The smallest absolute Gasteiger partial charge is 0.339 e. The second-order valence-electron chi connectivity index (χ2n) is 4.40. The molecule has 0 saturated carbocycles. The van der Waals surface area contributed by atoms with E-state index in [4.69, 9.17) is 4.74 Å². The van der Waals surface area contributed by atoms with Crippen molar-refractivity contribution >= 4 is 5.97 Å². The lowest BCUT2D eigenvalue weighted by atomic mass is 10.00. The van der Waals surface area contributed by atoms with E-state index in [0.29, 0.717) is 12.2 Å². The minimum absolute atomic E-state index is 0.180. The third kappa shape index (κ3) is 2.96. The molecule has 1 heterocycles. The average Bonchev–Trinajstić information content (AvgIpc) is 2.35. The zero-order chi connectivity index (χ0) is 12.1. The van der Waals surface area contributed by atoms with Gasteiger partial charge in [0.2, 0.25) is 0 Å². The van der Waals surface area contributed by atoms with Gasteiger partial charge < -0.3 is 4.74 Å². The molecule has 0 bridgehead atoms. The van der Waals surface area contributed by atoms with Gasteiger partial charge in [0.1, 0.15) is 5.75 Å². The molecule has 0 radical (unpaired) electrons. The van der Waals surface area contributed by atoms with E-state index in [0.717, 1.165) is 24.0 Å². The van der Waals surface area contributed by atoms with E-state index in [1.165, 1.54) is 12.8 Å². The maximum atomic E-state index is 11.7. The molecule has 0 fully saturated rings. The SMILES string of the molecule is CCCCC/C=C1\Cc2ccccc2OC1=O. The molecule has 0 atom stereocenters. The van der Waals surface area contributed by atoms with Crippen molar-refractivity contribution in [3.05, 3.63) is 41.5 Å². The summed E-state index contributed by atoms with van der Waals surface area (Å²) >= 11 is 0. The van der Waals surface area contributed by atoms with Crippen LogP contribution >= 0.6 is 0 Å². The highest BCUT2D eigenvalue weighted by Gasteiger charge is 2.21. The highest BCUT2D eigenvalue weighted by atomic mass is 16.5. The minimum atomic E-state index is -0.180. The predicted molar refractivity (Wildman–Crippen MR) is 68.0 cm³/mol. The zero-order valence-electron chi connectivity index (χ0n) is 10.2. The summed E-state index contributed by atoms with van der Waals surface area (Å²) in [6.07, 6.45) is 7.29. The number of carbonyl (C=O) groups excluding carboxylic acids is 1. The topological polar surface area (TPSA) is 26.3 Å². The Labute approximate surface area is 102 Å². The van der Waals surface area contributed by atoms with Crippen LogP contribution in [0.25, 0.3) is 0 Å². The molecule has 2 heteroatoms. The molecule has 1 aromatic rings. The number of rotatable bonds is 4. The molecule has 1 aromatic carbocycles. The lowest BCUT2D eigenvalue weighted by molar-refractivity contribution is -0.130. The Balaban J connectivity index is 2.04. The van der Waals surface area contributed by atoms with E-state index in [1.54, 1.807) is 0 Å². The van der Waals surface area contributed by atoms with Crippen LogP contribution in [-0.2, 0) is 11.2 Å². The molecular weight excluding hydrogens is 212 g/mol. The zero-order valence-corrected chi connectivity index (χ0v) is 10.2. The fraction of sp³-hybridized carbons (Fsp3) is 0.400. The van der Waals surface area contributed by atoms with Crippen molar-refractivity contribution in [3.8, 4) is 5.75 Å². The molecule has 0 saturated heterocycles. The van der Waals surface area contributed by atoms with Crippen LogP contribution in [0.15, 0.2) is 35.9 Å². The molecule has 1 aliphatic rings. The number of ether oxygens (including phenoxy) is 1. The maximum absolute atomic E-state index is 11.7. The van der Waals surface area contributed by atoms with Crippen LogP contribution in [0.5, 0.6) is 5.75 Å². The van der Waals surface area contributed by atoms with Gasteiger partial charge in [-0.05, 0) is 24.5 Å². The van der Waals surface area contributed by atoms with Crippen molar-refractivity contribution in [1.29, 1.82) is 0 Å². The van der Waals surface area contributed by atoms with Crippen LogP contribution in [0, 0.1) is 0 Å². The van der Waals surface area contributed by atoms with Gasteiger partial charge in [-0.1, -0.05) is 44.0 Å². The number of hydrogen-bond acceptors (Lipinski definition) is 2. The molecule has 2 rings (SSSR count). The lowest BCUT2D eigenvalue weighted by Crippen LogP contribution is -2.19. The van der Waals surface area contributed by atoms with Crippen LogP contribution in [0.4, 0.5) is 0 Å². The molecule has 17 heavy (non-hydrogen) atoms. The predicted octanol–water partition coefficient (Wildman–Crippen LogP) is 3.65. The molecule has 0 aromatic heterocycles. The van der Waals surface area contributed by atoms with Crippen LogP contribution < -0.4 is 4.74 Å². The number of carbonyl (C=O) groups is 1. The molecular formula is C15H18O2. The highest BCUT2D eigenvalue weighted by molar-refractivity contribution is 5.92. The lowest BCUT2D eigenvalue weighted by Gasteiger charge is -2.17. The van der Waals surface area contributed by atoms with E-state index in [-0.39, 0.29) is 5.97 Å². The summed E-state index contributed by atoms with van der Waals surface area (Å²) in [5.41, 5.74) is 1.91. The molecule has 0 aliphatic carbocycles. The van der Waals surface area contributed by atoms with Crippen molar-refractivity contribution in [1.82, 2.24) is 0 Å². The van der Waals surface area contributed by atoms with Crippen molar-refractivity contribution in [3.63, 3.8) is 0 Å². The summed E-state index contributed by atoms with van der Waals surface area (Å²) in [5, 5.41) is 0. The van der Waals surface area contributed by atoms with E-state index >= 15 is 0 Å². The first kappa shape index (κ1) is 11.9. The summed E-state index contributed by atoms with van der Waals surface area (Å²) in [5.74, 6) is 0.531. The van der Waals surface area contributed by atoms with Crippen molar-refractivity contribution in [2.75, 3.05) is 0 Å². The average molecular weight is 230 g/mol. The summed E-state index contributed by atoms with van der Waals surface area (Å²) in [7, 11) is 0. The first-order valence-corrected chi connectivity index (χ1v) is 6.30. The van der Waals surface area contributed by atoms with Gasteiger partial charge in [0.05, 0.1) is 0 Å². The third-order valence-electron chi connectivity index (χ3n) is 3.02. The van der Waals surface area contributed by atoms with Gasteiger partial charge in [-0.3, -0.25) is 0 Å². The largest absolute Gasteiger partial charge is 0.423 e. The Hall–Kier alpha value is -1.57. The summed E-state index contributed by atoms with van der Waals surface area (Å²) < 4.78 is 5.29. The molecule has 0 spiro atoms.